The van der Waals surface area contributed by atoms with Gasteiger partial charge in [-0.3, -0.25) is 0 Å². The maximum absolute atomic E-state index is 10.2. The molecule has 88 valence electrons. The Bertz CT molecular complexity index is 315. The van der Waals surface area contributed by atoms with E-state index in [0.717, 1.165) is 18.5 Å². The number of nitrogens with one attached hydrogen (secondary N) is 1. The molecule has 0 amide bonds. The number of phenols is 1. The van der Waals surface area contributed by atoms with Gasteiger partial charge in [-0.2, -0.15) is 0 Å². The number of phenolic OH excluding ortho intramolecular Hbond substituents is 1. The van der Waals surface area contributed by atoms with E-state index in [1.165, 1.54) is 19.3 Å². The molecular weight excluding hydrogens is 202 g/mol. The molecule has 16 heavy (non-hydrogen) atoms. The van der Waals surface area contributed by atoms with Crippen molar-refractivity contribution >= 4 is 0 Å². The highest BCUT2D eigenvalue weighted by atomic mass is 16.3. The summed E-state index contributed by atoms with van der Waals surface area (Å²) in [7, 11) is 0. The molecule has 0 radical (unpaired) electrons. The van der Waals surface area contributed by atoms with Gasteiger partial charge in [0.25, 0.3) is 0 Å². The van der Waals surface area contributed by atoms with E-state index < -0.39 is 6.10 Å². The lowest BCUT2D eigenvalue weighted by atomic mass is 9.98. The molecule has 3 nitrogen and oxygen atoms in total. The van der Waals surface area contributed by atoms with Crippen LogP contribution in [0.2, 0.25) is 0 Å². The van der Waals surface area contributed by atoms with Gasteiger partial charge >= 0.3 is 0 Å². The lowest BCUT2D eigenvalue weighted by molar-refractivity contribution is 0.126. The third-order valence-corrected chi connectivity index (χ3v) is 3.21. The van der Waals surface area contributed by atoms with Crippen LogP contribution in [0.3, 0.4) is 0 Å². The summed E-state index contributed by atoms with van der Waals surface area (Å²) in [6, 6.07) is 6.95. The van der Waals surface area contributed by atoms with Crippen molar-refractivity contribution in [3.05, 3.63) is 29.8 Å². The van der Waals surface area contributed by atoms with E-state index in [-0.39, 0.29) is 11.8 Å². The van der Waals surface area contributed by atoms with Crippen LogP contribution in [0.15, 0.2) is 24.3 Å². The molecule has 2 rings (SSSR count). The van der Waals surface area contributed by atoms with Gasteiger partial charge in [0.1, 0.15) is 5.75 Å². The minimum Gasteiger partial charge on any atom is -0.508 e. The standard InChI is InChI=1S/C13H19NO2/c15-11-7-5-10(6-8-11)13(16)12-4-2-1-3-9-14-12/h5-8,12-16H,1-4,9H2. The van der Waals surface area contributed by atoms with Gasteiger partial charge in [-0.05, 0) is 37.1 Å². The molecule has 1 fully saturated rings. The molecule has 2 atom stereocenters. The van der Waals surface area contributed by atoms with Crippen LogP contribution in [0.4, 0.5) is 0 Å². The smallest absolute Gasteiger partial charge is 0.115 e. The Labute approximate surface area is 96.1 Å². The molecule has 1 aromatic rings. The van der Waals surface area contributed by atoms with E-state index in [0.29, 0.717) is 0 Å². The highest BCUT2D eigenvalue weighted by Gasteiger charge is 2.21. The summed E-state index contributed by atoms with van der Waals surface area (Å²) in [6.45, 7) is 0.986. The first-order valence-electron chi connectivity index (χ1n) is 5.98. The van der Waals surface area contributed by atoms with Crippen molar-refractivity contribution in [1.29, 1.82) is 0 Å². The Hall–Kier alpha value is -1.06. The van der Waals surface area contributed by atoms with Crippen molar-refractivity contribution in [2.75, 3.05) is 6.54 Å². The van der Waals surface area contributed by atoms with E-state index >= 15 is 0 Å². The molecule has 1 heterocycles. The van der Waals surface area contributed by atoms with Crippen molar-refractivity contribution in [3.63, 3.8) is 0 Å². The van der Waals surface area contributed by atoms with Crippen LogP contribution >= 0.6 is 0 Å². The Morgan fingerprint density at radius 1 is 1.12 bits per heavy atom. The summed E-state index contributed by atoms with van der Waals surface area (Å²) >= 11 is 0. The summed E-state index contributed by atoms with van der Waals surface area (Å²) in [5.41, 5.74) is 0.872. The number of hydrogen-bond donors (Lipinski definition) is 3. The maximum atomic E-state index is 10.2. The van der Waals surface area contributed by atoms with Crippen LogP contribution < -0.4 is 5.32 Å². The Kier molecular flexibility index (Phi) is 3.80. The van der Waals surface area contributed by atoms with Crippen molar-refractivity contribution in [3.8, 4) is 5.75 Å². The minimum absolute atomic E-state index is 0.145. The predicted molar refractivity (Wildman–Crippen MR) is 63.3 cm³/mol. The van der Waals surface area contributed by atoms with Crippen LogP contribution in [-0.2, 0) is 0 Å². The van der Waals surface area contributed by atoms with Gasteiger partial charge in [-0.1, -0.05) is 25.0 Å². The summed E-state index contributed by atoms with van der Waals surface area (Å²) < 4.78 is 0. The number of aromatic hydroxyl groups is 1. The van der Waals surface area contributed by atoms with Gasteiger partial charge in [-0.15, -0.1) is 0 Å². The second-order valence-corrected chi connectivity index (χ2v) is 4.45. The van der Waals surface area contributed by atoms with E-state index in [2.05, 4.69) is 5.32 Å². The normalized spacial score (nSPS) is 23.7. The molecule has 1 saturated heterocycles. The first-order valence-corrected chi connectivity index (χ1v) is 5.98. The predicted octanol–water partition coefficient (Wildman–Crippen LogP) is 1.96. The van der Waals surface area contributed by atoms with E-state index in [1.807, 2.05) is 0 Å². The zero-order chi connectivity index (χ0) is 11.4. The average Bonchev–Trinajstić information content (AvgIpc) is 2.57. The van der Waals surface area contributed by atoms with Crippen molar-refractivity contribution < 1.29 is 10.2 Å². The highest BCUT2D eigenvalue weighted by molar-refractivity contribution is 5.28. The molecule has 0 bridgehead atoms. The SMILES string of the molecule is Oc1ccc(C(O)C2CCCCCN2)cc1. The Morgan fingerprint density at radius 3 is 2.62 bits per heavy atom. The number of rotatable bonds is 2. The molecule has 0 aromatic heterocycles. The van der Waals surface area contributed by atoms with Gasteiger partial charge in [0, 0.05) is 6.04 Å². The molecule has 3 N–H and O–H groups in total. The number of aliphatic hydroxyl groups is 1. The lowest BCUT2D eigenvalue weighted by Crippen LogP contribution is -2.34. The molecule has 3 heteroatoms. The molecule has 0 saturated carbocycles. The lowest BCUT2D eigenvalue weighted by Gasteiger charge is -2.22. The minimum atomic E-state index is -0.473. The second kappa shape index (κ2) is 5.32. The number of aliphatic hydroxyl groups excluding tert-OH is 1. The molecule has 0 aliphatic carbocycles. The maximum Gasteiger partial charge on any atom is 0.115 e. The van der Waals surface area contributed by atoms with Crippen LogP contribution in [0.5, 0.6) is 5.75 Å². The summed E-state index contributed by atoms with van der Waals surface area (Å²) in [6.07, 6.45) is 4.15. The van der Waals surface area contributed by atoms with Crippen LogP contribution in [0.25, 0.3) is 0 Å². The van der Waals surface area contributed by atoms with Gasteiger partial charge in [0.15, 0.2) is 0 Å². The molecule has 1 aliphatic heterocycles. The molecule has 1 aliphatic rings. The molecule has 0 spiro atoms. The first kappa shape index (κ1) is 11.4. The van der Waals surface area contributed by atoms with Gasteiger partial charge in [0.2, 0.25) is 0 Å². The van der Waals surface area contributed by atoms with Gasteiger partial charge < -0.3 is 15.5 Å². The third kappa shape index (κ3) is 2.74. The summed E-state index contributed by atoms with van der Waals surface area (Å²) in [5, 5.41) is 22.8. The van der Waals surface area contributed by atoms with Crippen LogP contribution in [0, 0.1) is 0 Å². The fourth-order valence-electron chi connectivity index (χ4n) is 2.23. The van der Waals surface area contributed by atoms with E-state index in [9.17, 15) is 10.2 Å². The fourth-order valence-corrected chi connectivity index (χ4v) is 2.23. The molecular formula is C13H19NO2. The van der Waals surface area contributed by atoms with E-state index in [1.54, 1.807) is 24.3 Å². The van der Waals surface area contributed by atoms with Crippen molar-refractivity contribution in [2.24, 2.45) is 0 Å². The fraction of sp³-hybridized carbons (Fsp3) is 0.538. The average molecular weight is 221 g/mol. The van der Waals surface area contributed by atoms with Crippen molar-refractivity contribution in [1.82, 2.24) is 5.32 Å². The number of hydrogen-bond acceptors (Lipinski definition) is 3. The monoisotopic (exact) mass is 221 g/mol. The Balaban J connectivity index is 2.04. The quantitative estimate of drug-likeness (QED) is 0.715. The third-order valence-electron chi connectivity index (χ3n) is 3.21. The largest absolute Gasteiger partial charge is 0.508 e. The zero-order valence-electron chi connectivity index (χ0n) is 9.39. The topological polar surface area (TPSA) is 52.5 Å². The van der Waals surface area contributed by atoms with Gasteiger partial charge in [0.05, 0.1) is 6.10 Å². The van der Waals surface area contributed by atoms with E-state index in [4.69, 9.17) is 0 Å². The van der Waals surface area contributed by atoms with Crippen LogP contribution in [-0.4, -0.2) is 22.8 Å². The zero-order valence-corrected chi connectivity index (χ0v) is 9.39. The molecule has 2 unspecified atom stereocenters. The van der Waals surface area contributed by atoms with Crippen molar-refractivity contribution in [2.45, 2.75) is 37.8 Å². The number of benzene rings is 1. The van der Waals surface area contributed by atoms with Crippen LogP contribution in [0.1, 0.15) is 37.4 Å². The van der Waals surface area contributed by atoms with Gasteiger partial charge in [-0.25, -0.2) is 0 Å². The molecule has 1 aromatic carbocycles. The summed E-state index contributed by atoms with van der Waals surface area (Å²) in [5.74, 6) is 0.241. The summed E-state index contributed by atoms with van der Waals surface area (Å²) in [4.78, 5) is 0. The Morgan fingerprint density at radius 2 is 1.88 bits per heavy atom. The second-order valence-electron chi connectivity index (χ2n) is 4.45. The first-order chi connectivity index (χ1) is 7.77. The highest BCUT2D eigenvalue weighted by Crippen LogP contribution is 2.23.